The first-order valence-electron chi connectivity index (χ1n) is 29.4. The van der Waals surface area contributed by atoms with Crippen LogP contribution in [0.2, 0.25) is 0 Å². The van der Waals surface area contributed by atoms with Gasteiger partial charge in [0.25, 0.3) is 0 Å². The molecule has 1 heterocycles. The number of rotatable bonds is 7. The number of hydrogen-bond acceptors (Lipinski definition) is 0. The highest BCUT2D eigenvalue weighted by atomic mass is 19.5. The summed E-state index contributed by atoms with van der Waals surface area (Å²) in [6.45, 7) is 4.92. The smallest absolute Gasteiger partial charge is 0.309 e. The predicted molar refractivity (Wildman–Crippen MR) is 312 cm³/mol. The molecule has 570 valence electrons. The van der Waals surface area contributed by atoms with Gasteiger partial charge in [-0.05, 0) is 193 Å². The zero-order valence-corrected chi connectivity index (χ0v) is 52.4. The number of benzene rings is 9. The van der Waals surface area contributed by atoms with E-state index in [0.29, 0.717) is 29.8 Å². The zero-order chi connectivity index (χ0) is 80.4. The Hall–Kier alpha value is -9.74. The summed E-state index contributed by atoms with van der Waals surface area (Å²) in [6, 6.07) is 9.40. The molecule has 1 nitrogen and oxygen atoms in total. The maximum Gasteiger partial charge on any atom is 0.417 e. The van der Waals surface area contributed by atoms with Gasteiger partial charge in [-0.2, -0.15) is 158 Å². The number of alkyl halides is 36. The van der Waals surface area contributed by atoms with E-state index in [9.17, 15) is 158 Å². The summed E-state index contributed by atoms with van der Waals surface area (Å²) in [4.78, 5) is 0. The molecule has 1 aromatic heterocycles. The largest absolute Gasteiger partial charge is 0.417 e. The normalized spacial score (nSPS) is 13.9. The highest BCUT2D eigenvalue weighted by Gasteiger charge is 2.55. The molecule has 0 unspecified atom stereocenters. The van der Waals surface area contributed by atoms with Gasteiger partial charge >= 0.3 is 74.1 Å². The Morgan fingerprint density at radius 3 is 0.561 bits per heavy atom. The Bertz CT molecular complexity index is 4510. The molecule has 37 heteroatoms. The Balaban J connectivity index is 1.37. The first kappa shape index (κ1) is 79.8. The molecule has 0 N–H and O–H groups in total. The highest BCUT2D eigenvalue weighted by molar-refractivity contribution is 6.12. The average Bonchev–Trinajstić information content (AvgIpc) is 1.58. The fourth-order valence-corrected chi connectivity index (χ4v) is 12.4. The molecule has 0 bridgehead atoms. The molecule has 0 radical (unpaired) electrons. The van der Waals surface area contributed by atoms with Gasteiger partial charge in [0.05, 0.1) is 77.8 Å². The van der Waals surface area contributed by atoms with E-state index in [2.05, 4.69) is 0 Å². The molecule has 0 spiro atoms. The number of para-hydroxylation sites is 1. The second-order valence-electron chi connectivity index (χ2n) is 24.9. The van der Waals surface area contributed by atoms with Gasteiger partial charge < -0.3 is 4.57 Å². The Labute approximate surface area is 573 Å². The minimum atomic E-state index is -6.53. The molecular weight excluding hydrogens is 1540 g/mol. The van der Waals surface area contributed by atoms with E-state index in [1.165, 1.54) is 28.8 Å². The molecule has 0 atom stereocenters. The summed E-state index contributed by atoms with van der Waals surface area (Å²) in [5.41, 5.74) is -53.4. The molecular formula is C70H33F36N. The van der Waals surface area contributed by atoms with Crippen molar-refractivity contribution in [2.75, 3.05) is 0 Å². The standard InChI is InChI=1S/C70H33F36N/c1-58(2,3)42-6-4-5-7-53(42)107-51-10-8-28(30-12-32(36-20-43(59(71,72)73)54(67(95,96)97)44(21-36)60(74,75)76)16-33(13-30)37-22-45(61(77,78)79)55(68(98,99)100)46(23-37)62(80,81)82)18-40(51)41-19-29(9-11-52(41)107)31-14-34(38-24-47(63(83,84)85)56(69(101,102)103)48(25-38)64(86,87)88)17-35(15-31)39-26-49(65(89,90)91)57(70(104,105)106)50(27-39)66(92,93)94/h4-27H,1-3H3. The van der Waals surface area contributed by atoms with Crippen molar-refractivity contribution in [3.63, 3.8) is 0 Å². The van der Waals surface area contributed by atoms with Gasteiger partial charge in [0.15, 0.2) is 0 Å². The fourth-order valence-electron chi connectivity index (χ4n) is 12.4. The molecule has 0 fully saturated rings. The molecule has 0 saturated heterocycles. The van der Waals surface area contributed by atoms with Crippen LogP contribution in [-0.2, 0) is 79.5 Å². The minimum absolute atomic E-state index is 0.128. The van der Waals surface area contributed by atoms with Crippen molar-refractivity contribution in [1.82, 2.24) is 4.57 Å². The van der Waals surface area contributed by atoms with Gasteiger partial charge in [-0.15, -0.1) is 0 Å². The van der Waals surface area contributed by atoms with Crippen LogP contribution in [0.25, 0.3) is 94.3 Å². The van der Waals surface area contributed by atoms with Crippen LogP contribution in [0.5, 0.6) is 0 Å². The van der Waals surface area contributed by atoms with Crippen molar-refractivity contribution in [2.24, 2.45) is 0 Å². The van der Waals surface area contributed by atoms with E-state index in [-0.39, 0.29) is 39.6 Å². The quantitative estimate of drug-likeness (QED) is 0.140. The fraction of sp³-hybridized carbons (Fsp3) is 0.229. The van der Waals surface area contributed by atoms with Crippen LogP contribution in [-0.4, -0.2) is 4.57 Å². The number of aromatic nitrogens is 1. The highest BCUT2D eigenvalue weighted by Crippen LogP contribution is 2.56. The zero-order valence-electron chi connectivity index (χ0n) is 52.4. The van der Waals surface area contributed by atoms with E-state index in [0.717, 1.165) is 36.4 Å². The molecule has 0 aliphatic rings. The van der Waals surface area contributed by atoms with E-state index < -0.39 is 262 Å². The molecule has 0 aliphatic carbocycles. The number of nitrogens with zero attached hydrogens (tertiary/aromatic N) is 1. The van der Waals surface area contributed by atoms with Crippen LogP contribution in [0, 0.1) is 0 Å². The van der Waals surface area contributed by atoms with E-state index >= 15 is 0 Å². The van der Waals surface area contributed by atoms with Crippen molar-refractivity contribution in [3.8, 4) is 72.4 Å². The molecule has 10 rings (SSSR count). The average molecular weight is 1570 g/mol. The number of hydrogen-bond donors (Lipinski definition) is 0. The molecule has 0 aliphatic heterocycles. The van der Waals surface area contributed by atoms with Crippen molar-refractivity contribution in [1.29, 1.82) is 0 Å². The van der Waals surface area contributed by atoms with Gasteiger partial charge in [0.1, 0.15) is 0 Å². The third kappa shape index (κ3) is 15.7. The van der Waals surface area contributed by atoms with Crippen LogP contribution in [0.15, 0.2) is 146 Å². The van der Waals surface area contributed by atoms with E-state index in [1.54, 1.807) is 20.8 Å². The molecule has 9 aromatic carbocycles. The van der Waals surface area contributed by atoms with Crippen molar-refractivity contribution < 1.29 is 158 Å². The Morgan fingerprint density at radius 2 is 0.374 bits per heavy atom. The summed E-state index contributed by atoms with van der Waals surface area (Å²) in [6.07, 6.45) is -77.5. The first-order valence-corrected chi connectivity index (χ1v) is 29.4. The van der Waals surface area contributed by atoms with Gasteiger partial charge in [-0.1, -0.05) is 51.1 Å². The minimum Gasteiger partial charge on any atom is -0.309 e. The molecule has 0 saturated carbocycles. The lowest BCUT2D eigenvalue weighted by atomic mass is 9.85. The van der Waals surface area contributed by atoms with Gasteiger partial charge in [0.2, 0.25) is 0 Å². The maximum atomic E-state index is 14.7. The summed E-state index contributed by atoms with van der Waals surface area (Å²) < 4.78 is 528. The van der Waals surface area contributed by atoms with Crippen LogP contribution in [0.4, 0.5) is 158 Å². The van der Waals surface area contributed by atoms with Gasteiger partial charge in [-0.3, -0.25) is 0 Å². The summed E-state index contributed by atoms with van der Waals surface area (Å²) in [5.74, 6) is 0. The van der Waals surface area contributed by atoms with Crippen LogP contribution < -0.4 is 0 Å². The second-order valence-corrected chi connectivity index (χ2v) is 24.9. The third-order valence-corrected chi connectivity index (χ3v) is 16.7. The lowest BCUT2D eigenvalue weighted by Crippen LogP contribution is -2.23. The second kappa shape index (κ2) is 25.5. The van der Waals surface area contributed by atoms with Crippen LogP contribution in [0.3, 0.4) is 0 Å². The third-order valence-electron chi connectivity index (χ3n) is 16.7. The van der Waals surface area contributed by atoms with Crippen LogP contribution in [0.1, 0.15) is 93.1 Å². The summed E-state index contributed by atoms with van der Waals surface area (Å²) in [7, 11) is 0. The number of fused-ring (bicyclic) bond motifs is 3. The lowest BCUT2D eigenvalue weighted by Gasteiger charge is -2.24. The van der Waals surface area contributed by atoms with Crippen LogP contribution >= 0.6 is 0 Å². The first-order chi connectivity index (χ1) is 48.3. The Kier molecular flexibility index (Phi) is 19.0. The monoisotopic (exact) mass is 1570 g/mol. The van der Waals surface area contributed by atoms with Crippen molar-refractivity contribution in [2.45, 2.75) is 100 Å². The van der Waals surface area contributed by atoms with E-state index in [1.807, 2.05) is 0 Å². The molecule has 107 heavy (non-hydrogen) atoms. The van der Waals surface area contributed by atoms with Crippen molar-refractivity contribution >= 4 is 21.8 Å². The number of halogens is 36. The summed E-state index contributed by atoms with van der Waals surface area (Å²) >= 11 is 0. The molecule has 0 amide bonds. The predicted octanol–water partition coefficient (Wildman–Crippen LogP) is 28.3. The SMILES string of the molecule is CC(C)(C)c1ccccc1-n1c2ccc(-c3cc(-c4cc(C(F)(F)F)c(C(F)(F)F)c(C(F)(F)F)c4)cc(-c4cc(C(F)(F)F)c(C(F)(F)F)c(C(F)(F)F)c4)c3)cc2c2cc(-c3cc(-c4cc(C(F)(F)F)c(C(F)(F)F)c(C(F)(F)F)c4)cc(-c4cc(C(F)(F)F)c(C(F)(F)F)c(C(F)(F)F)c4)c3)ccc21. The summed E-state index contributed by atoms with van der Waals surface area (Å²) in [5, 5.41) is -0.653. The maximum absolute atomic E-state index is 14.7. The van der Waals surface area contributed by atoms with Gasteiger partial charge in [-0.25, -0.2) is 0 Å². The van der Waals surface area contributed by atoms with E-state index in [4.69, 9.17) is 0 Å². The topological polar surface area (TPSA) is 4.93 Å². The molecule has 10 aromatic rings. The van der Waals surface area contributed by atoms with Crippen molar-refractivity contribution in [3.05, 3.63) is 218 Å². The lowest BCUT2D eigenvalue weighted by molar-refractivity contribution is -0.174. The van der Waals surface area contributed by atoms with Gasteiger partial charge in [0, 0.05) is 16.5 Å². The Morgan fingerprint density at radius 1 is 0.187 bits per heavy atom.